The van der Waals surface area contributed by atoms with E-state index in [0.29, 0.717) is 19.4 Å². The highest BCUT2D eigenvalue weighted by Gasteiger charge is 2.47. The molecule has 1 aromatic carbocycles. The molecule has 166 valence electrons. The van der Waals surface area contributed by atoms with Crippen molar-refractivity contribution in [2.45, 2.75) is 44.6 Å². The third-order valence-electron chi connectivity index (χ3n) is 3.66. The minimum Gasteiger partial charge on any atom is -0.426 e. The fraction of sp³-hybridized carbons (Fsp3) is 0.421. The Balaban J connectivity index is 2.75. The molecule has 0 saturated heterocycles. The highest BCUT2D eigenvalue weighted by atomic mass is 19.4. The minimum absolute atomic E-state index is 0.372. The van der Waals surface area contributed by atoms with E-state index in [1.54, 1.807) is 6.92 Å². The molecule has 0 unspecified atom stereocenters. The van der Waals surface area contributed by atoms with E-state index in [4.69, 9.17) is 10.6 Å². The van der Waals surface area contributed by atoms with Crippen molar-refractivity contribution < 1.29 is 37.1 Å². The Labute approximate surface area is 171 Å². The normalized spacial score (nSPS) is 14.6. The van der Waals surface area contributed by atoms with Gasteiger partial charge in [0, 0.05) is 19.5 Å². The van der Waals surface area contributed by atoms with Gasteiger partial charge in [-0.15, -0.1) is 5.48 Å². The minimum atomic E-state index is -5.32. The summed E-state index contributed by atoms with van der Waals surface area (Å²) in [7, 11) is 0. The summed E-state index contributed by atoms with van der Waals surface area (Å²) in [5, 5.41) is 2.55. The van der Waals surface area contributed by atoms with Crippen LogP contribution >= 0.6 is 0 Å². The van der Waals surface area contributed by atoms with E-state index in [-0.39, 0.29) is 5.91 Å². The molecule has 0 heterocycles. The topological polar surface area (TPSA) is 120 Å². The summed E-state index contributed by atoms with van der Waals surface area (Å²) in [4.78, 5) is 39.2. The fourth-order valence-corrected chi connectivity index (χ4v) is 2.12. The first kappa shape index (κ1) is 25.1. The summed E-state index contributed by atoms with van der Waals surface area (Å²) in [6, 6.07) is 8.62. The van der Waals surface area contributed by atoms with Crippen molar-refractivity contribution in [3.8, 4) is 0 Å². The first-order valence-electron chi connectivity index (χ1n) is 9.01. The van der Waals surface area contributed by atoms with Crippen LogP contribution in [-0.2, 0) is 30.4 Å². The lowest BCUT2D eigenvalue weighted by atomic mass is 10.1. The third-order valence-corrected chi connectivity index (χ3v) is 3.66. The van der Waals surface area contributed by atoms with Crippen LogP contribution in [0.5, 0.6) is 0 Å². The molecule has 0 aromatic heterocycles. The van der Waals surface area contributed by atoms with E-state index in [2.05, 4.69) is 15.5 Å². The van der Waals surface area contributed by atoms with Crippen LogP contribution in [0, 0.1) is 0 Å². The Morgan fingerprint density at radius 2 is 1.80 bits per heavy atom. The zero-order valence-electron chi connectivity index (χ0n) is 16.5. The number of halogens is 3. The molecule has 0 saturated carbocycles. The molecule has 30 heavy (non-hydrogen) atoms. The van der Waals surface area contributed by atoms with Gasteiger partial charge >= 0.3 is 18.1 Å². The number of esters is 1. The summed E-state index contributed by atoms with van der Waals surface area (Å²) in [5.74, 6) is -4.45. The summed E-state index contributed by atoms with van der Waals surface area (Å²) in [5.41, 5.74) is 5.97. The summed E-state index contributed by atoms with van der Waals surface area (Å²) >= 11 is 0. The molecular formula is C19H24F3N3O5. The Hall–Kier alpha value is -2.92. The number of hydroxylamine groups is 1. The second-order valence-corrected chi connectivity index (χ2v) is 6.39. The number of likely N-dealkylation sites (N-methyl/N-ethyl adjacent to an activating group) is 1. The van der Waals surface area contributed by atoms with Crippen molar-refractivity contribution >= 4 is 17.8 Å². The molecule has 0 bridgehead atoms. The first-order valence-corrected chi connectivity index (χ1v) is 9.01. The number of benzene rings is 1. The largest absolute Gasteiger partial charge is 0.491 e. The number of carbonyl (C=O) groups excluding carboxylic acids is 3. The van der Waals surface area contributed by atoms with Crippen LogP contribution < -0.4 is 16.5 Å². The van der Waals surface area contributed by atoms with Crippen LogP contribution in [0.2, 0.25) is 0 Å². The number of aryl methyl sites for hydroxylation is 1. The van der Waals surface area contributed by atoms with Crippen molar-refractivity contribution in [3.05, 3.63) is 48.0 Å². The second kappa shape index (κ2) is 11.3. The van der Waals surface area contributed by atoms with Gasteiger partial charge in [-0.3, -0.25) is 10.5 Å². The molecule has 0 aliphatic carbocycles. The predicted molar refractivity (Wildman–Crippen MR) is 100 cm³/mol. The molecule has 4 N–H and O–H groups in total. The zero-order chi connectivity index (χ0) is 22.8. The number of rotatable bonds is 10. The van der Waals surface area contributed by atoms with Crippen LogP contribution in [0.4, 0.5) is 13.2 Å². The van der Waals surface area contributed by atoms with E-state index in [1.807, 2.05) is 30.3 Å². The number of nitrogens with one attached hydrogen (secondary N) is 2. The second-order valence-electron chi connectivity index (χ2n) is 6.39. The Bertz CT molecular complexity index is 752. The number of ether oxygens (including phenoxy) is 1. The molecule has 2 atom stereocenters. The van der Waals surface area contributed by atoms with Crippen LogP contribution in [0.1, 0.15) is 25.8 Å². The number of alkyl halides is 3. The summed E-state index contributed by atoms with van der Waals surface area (Å²) in [6.07, 6.45) is -1.75. The Morgan fingerprint density at radius 3 is 2.37 bits per heavy atom. The molecule has 1 amide bonds. The molecule has 0 radical (unpaired) electrons. The highest BCUT2D eigenvalue weighted by Crippen LogP contribution is 2.20. The molecular weight excluding hydrogens is 407 g/mol. The molecule has 1 aromatic rings. The van der Waals surface area contributed by atoms with Gasteiger partial charge in [0.25, 0.3) is 5.72 Å². The molecule has 0 aliphatic heterocycles. The number of amides is 1. The van der Waals surface area contributed by atoms with Gasteiger partial charge in [0.15, 0.2) is 0 Å². The number of hydrogen-bond acceptors (Lipinski definition) is 7. The average Bonchev–Trinajstić information content (AvgIpc) is 2.67. The fourth-order valence-electron chi connectivity index (χ4n) is 2.12. The van der Waals surface area contributed by atoms with Crippen molar-refractivity contribution in [2.24, 2.45) is 5.73 Å². The van der Waals surface area contributed by atoms with Gasteiger partial charge < -0.3 is 14.9 Å². The van der Waals surface area contributed by atoms with Gasteiger partial charge in [-0.05, 0) is 25.3 Å². The Kier molecular flexibility index (Phi) is 9.47. The Morgan fingerprint density at radius 1 is 1.17 bits per heavy atom. The van der Waals surface area contributed by atoms with Gasteiger partial charge in [0.1, 0.15) is 0 Å². The van der Waals surface area contributed by atoms with Crippen LogP contribution in [0.15, 0.2) is 42.5 Å². The van der Waals surface area contributed by atoms with E-state index in [1.165, 1.54) is 12.2 Å². The zero-order valence-corrected chi connectivity index (χ0v) is 16.5. The van der Waals surface area contributed by atoms with Crippen molar-refractivity contribution in [3.63, 3.8) is 0 Å². The number of nitrogens with two attached hydrogens (primary N) is 1. The lowest BCUT2D eigenvalue weighted by Gasteiger charge is -2.24. The molecule has 1 rings (SSSR count). The SMILES string of the molecule is CCNC(=O)/C=C/[C@H](CCc1ccccc1)NOC(=O)[C@@](C)(N)OC(=O)C(F)(F)F. The van der Waals surface area contributed by atoms with Crippen LogP contribution in [0.25, 0.3) is 0 Å². The average molecular weight is 431 g/mol. The number of hydrogen-bond donors (Lipinski definition) is 3. The van der Waals surface area contributed by atoms with Crippen molar-refractivity contribution in [1.82, 2.24) is 10.8 Å². The quantitative estimate of drug-likeness (QED) is 0.222. The monoisotopic (exact) mass is 431 g/mol. The molecule has 0 fully saturated rings. The smallest absolute Gasteiger partial charge is 0.426 e. The maximum Gasteiger partial charge on any atom is 0.491 e. The predicted octanol–water partition coefficient (Wildman–Crippen LogP) is 1.51. The molecule has 0 aliphatic rings. The first-order chi connectivity index (χ1) is 14.0. The van der Waals surface area contributed by atoms with Crippen LogP contribution in [-0.4, -0.2) is 42.3 Å². The van der Waals surface area contributed by atoms with E-state index >= 15 is 0 Å². The van der Waals surface area contributed by atoms with Gasteiger partial charge in [-0.1, -0.05) is 36.4 Å². The third kappa shape index (κ3) is 9.05. The van der Waals surface area contributed by atoms with Crippen molar-refractivity contribution in [1.29, 1.82) is 0 Å². The van der Waals surface area contributed by atoms with Crippen LogP contribution in [0.3, 0.4) is 0 Å². The standard InChI is InChI=1S/C19H24F3N3O5/c1-3-24-15(26)12-11-14(10-9-13-7-5-4-6-8-13)25-30-16(27)18(2,23)29-17(28)19(20,21)22/h4-8,11-12,14,25H,3,9-10,23H2,1-2H3,(H,24,26)/b12-11+/t14-,18-/m0/s1. The van der Waals surface area contributed by atoms with Gasteiger partial charge in [-0.2, -0.15) is 13.2 Å². The van der Waals surface area contributed by atoms with Crippen molar-refractivity contribution in [2.75, 3.05) is 6.54 Å². The van der Waals surface area contributed by atoms with E-state index in [0.717, 1.165) is 12.5 Å². The lowest BCUT2D eigenvalue weighted by molar-refractivity contribution is -0.219. The summed E-state index contributed by atoms with van der Waals surface area (Å²) in [6.45, 7) is 2.91. The maximum absolute atomic E-state index is 12.3. The highest BCUT2D eigenvalue weighted by molar-refractivity contribution is 5.87. The van der Waals surface area contributed by atoms with Gasteiger partial charge in [0.2, 0.25) is 5.91 Å². The molecule has 11 heteroatoms. The lowest BCUT2D eigenvalue weighted by Crippen LogP contribution is -2.53. The van der Waals surface area contributed by atoms with Gasteiger partial charge in [0.05, 0.1) is 6.04 Å². The molecule has 8 nitrogen and oxygen atoms in total. The summed E-state index contributed by atoms with van der Waals surface area (Å²) < 4.78 is 40.9. The number of carbonyl (C=O) groups is 3. The maximum atomic E-state index is 12.3. The van der Waals surface area contributed by atoms with Gasteiger partial charge in [-0.25, -0.2) is 9.59 Å². The molecule has 0 spiro atoms. The van der Waals surface area contributed by atoms with E-state index in [9.17, 15) is 27.6 Å². The van der Waals surface area contributed by atoms with E-state index < -0.39 is 29.9 Å².